The van der Waals surface area contributed by atoms with E-state index in [0.717, 1.165) is 6.42 Å². The molecule has 3 aliphatic heterocycles. The summed E-state index contributed by atoms with van der Waals surface area (Å²) < 4.78 is 11.3. The van der Waals surface area contributed by atoms with E-state index in [1.807, 2.05) is 6.92 Å². The summed E-state index contributed by atoms with van der Waals surface area (Å²) in [4.78, 5) is 12.2. The van der Waals surface area contributed by atoms with E-state index in [4.69, 9.17) is 9.47 Å². The van der Waals surface area contributed by atoms with Crippen LogP contribution in [-0.2, 0) is 14.3 Å². The molecule has 3 heterocycles. The molecule has 1 spiro atoms. The van der Waals surface area contributed by atoms with Crippen molar-refractivity contribution >= 4 is 5.97 Å². The average molecular weight is 298 g/mol. The third-order valence-electron chi connectivity index (χ3n) is 7.38. The van der Waals surface area contributed by atoms with E-state index >= 15 is 0 Å². The largest absolute Gasteiger partial charge is 0.463 e. The molecule has 0 amide bonds. The summed E-state index contributed by atoms with van der Waals surface area (Å²) in [6.45, 7) is 5.24. The Morgan fingerprint density at radius 2 is 1.95 bits per heavy atom. The van der Waals surface area contributed by atoms with Crippen LogP contribution in [0.4, 0.5) is 0 Å². The lowest BCUT2D eigenvalue weighted by molar-refractivity contribution is -0.257. The molecule has 1 aliphatic carbocycles. The maximum absolute atomic E-state index is 12.2. The van der Waals surface area contributed by atoms with Gasteiger partial charge in [0.1, 0.15) is 12.2 Å². The van der Waals surface area contributed by atoms with Crippen LogP contribution in [0.1, 0.15) is 40.0 Å². The lowest BCUT2D eigenvalue weighted by Crippen LogP contribution is -2.69. The molecule has 118 valence electrons. The molecular weight excluding hydrogens is 276 g/mol. The first kappa shape index (κ1) is 13.9. The molecule has 2 bridgehead atoms. The van der Waals surface area contributed by atoms with Crippen LogP contribution in [-0.4, -0.2) is 51.0 Å². The van der Waals surface area contributed by atoms with Gasteiger partial charge in [-0.3, -0.25) is 0 Å². The van der Waals surface area contributed by atoms with E-state index in [1.165, 1.54) is 0 Å². The number of aliphatic hydroxyl groups excluding tert-OH is 1. The predicted octanol–water partition coefficient (Wildman–Crippen LogP) is -0.0610. The van der Waals surface area contributed by atoms with E-state index in [2.05, 4.69) is 0 Å². The highest BCUT2D eigenvalue weighted by molar-refractivity contribution is 5.77. The van der Waals surface area contributed by atoms with Crippen molar-refractivity contribution in [2.24, 2.45) is 16.7 Å². The standard InChI is InChI=1S/C15H22O6/c1-8-4-5-14-11(2)7-20-10(17)9(16)13(8,14)6-15(19,21-14)12(11,3)18/h8-9,16,18-19H,4-7H2,1-3H3/t8-,9+,11+,12+,13+,14+,15+/m1/s1. The van der Waals surface area contributed by atoms with Gasteiger partial charge in [-0.05, 0) is 25.7 Å². The van der Waals surface area contributed by atoms with Crippen molar-refractivity contribution in [2.75, 3.05) is 6.61 Å². The zero-order valence-corrected chi connectivity index (χ0v) is 12.5. The Labute approximate surface area is 123 Å². The minimum absolute atomic E-state index is 0.00241. The maximum Gasteiger partial charge on any atom is 0.335 e. The number of ether oxygens (including phenoxy) is 2. The van der Waals surface area contributed by atoms with Gasteiger partial charge >= 0.3 is 5.97 Å². The van der Waals surface area contributed by atoms with Crippen LogP contribution in [0.15, 0.2) is 0 Å². The lowest BCUT2D eigenvalue weighted by atomic mass is 9.47. The number of carbonyl (C=O) groups excluding carboxylic acids is 1. The number of fused-ring (bicyclic) bond motifs is 1. The maximum atomic E-state index is 12.2. The Hall–Kier alpha value is -0.690. The van der Waals surface area contributed by atoms with Gasteiger partial charge in [0, 0.05) is 11.8 Å². The predicted molar refractivity (Wildman–Crippen MR) is 69.9 cm³/mol. The molecule has 21 heavy (non-hydrogen) atoms. The van der Waals surface area contributed by atoms with Crippen molar-refractivity contribution < 1.29 is 29.6 Å². The van der Waals surface area contributed by atoms with E-state index < -0.39 is 39.9 Å². The van der Waals surface area contributed by atoms with Crippen molar-refractivity contribution in [3.63, 3.8) is 0 Å². The molecule has 0 radical (unpaired) electrons. The topological polar surface area (TPSA) is 96.2 Å². The van der Waals surface area contributed by atoms with E-state index in [0.29, 0.717) is 6.42 Å². The third kappa shape index (κ3) is 1.02. The Bertz CT molecular complexity index is 546. The minimum Gasteiger partial charge on any atom is -0.463 e. The first-order valence-corrected chi connectivity index (χ1v) is 7.58. The highest BCUT2D eigenvalue weighted by Crippen LogP contribution is 2.79. The fraction of sp³-hybridized carbons (Fsp3) is 0.933. The van der Waals surface area contributed by atoms with E-state index in [1.54, 1.807) is 13.8 Å². The molecule has 1 saturated carbocycles. The van der Waals surface area contributed by atoms with Gasteiger partial charge in [-0.1, -0.05) is 13.8 Å². The van der Waals surface area contributed by atoms with Gasteiger partial charge < -0.3 is 24.8 Å². The van der Waals surface area contributed by atoms with Gasteiger partial charge in [0.15, 0.2) is 11.9 Å². The summed E-state index contributed by atoms with van der Waals surface area (Å²) in [5.41, 5.74) is -4.33. The molecule has 3 N–H and O–H groups in total. The van der Waals surface area contributed by atoms with Gasteiger partial charge in [-0.2, -0.15) is 0 Å². The second-order valence-electron chi connectivity index (χ2n) is 7.78. The van der Waals surface area contributed by atoms with Crippen LogP contribution in [0.25, 0.3) is 0 Å². The highest BCUT2D eigenvalue weighted by Gasteiger charge is 2.90. The van der Waals surface area contributed by atoms with Crippen molar-refractivity contribution in [1.29, 1.82) is 0 Å². The molecule has 0 aromatic rings. The second-order valence-corrected chi connectivity index (χ2v) is 7.78. The molecule has 3 saturated heterocycles. The van der Waals surface area contributed by atoms with Crippen LogP contribution < -0.4 is 0 Å². The van der Waals surface area contributed by atoms with Crippen molar-refractivity contribution in [1.82, 2.24) is 0 Å². The molecule has 0 unspecified atom stereocenters. The molecule has 0 aromatic carbocycles. The fourth-order valence-corrected chi connectivity index (χ4v) is 5.84. The molecule has 0 aromatic heterocycles. The number of esters is 1. The molecule has 7 atom stereocenters. The molecule has 4 fully saturated rings. The zero-order valence-electron chi connectivity index (χ0n) is 12.5. The van der Waals surface area contributed by atoms with E-state index in [-0.39, 0.29) is 18.9 Å². The lowest BCUT2D eigenvalue weighted by Gasteiger charge is -2.55. The molecule has 4 rings (SSSR count). The SMILES string of the molecule is C[C@@H]1CC[C@@]23O[C@@]4(O)C[C@@]12[C@@H](O)C(=O)OC[C@@]3(C)[C@]4(C)O. The van der Waals surface area contributed by atoms with Gasteiger partial charge in [0.05, 0.1) is 11.0 Å². The molecule has 6 nitrogen and oxygen atoms in total. The average Bonchev–Trinajstić information content (AvgIpc) is 2.88. The number of aliphatic hydroxyl groups is 3. The summed E-state index contributed by atoms with van der Waals surface area (Å²) in [5.74, 6) is -2.43. The van der Waals surface area contributed by atoms with Gasteiger partial charge in [0.25, 0.3) is 0 Å². The smallest absolute Gasteiger partial charge is 0.335 e. The molecule has 4 aliphatic rings. The fourth-order valence-electron chi connectivity index (χ4n) is 5.84. The first-order valence-electron chi connectivity index (χ1n) is 7.58. The highest BCUT2D eigenvalue weighted by atomic mass is 16.7. The van der Waals surface area contributed by atoms with Crippen molar-refractivity contribution in [2.45, 2.75) is 63.1 Å². The first-order chi connectivity index (χ1) is 9.58. The Kier molecular flexibility index (Phi) is 2.19. The quantitative estimate of drug-likeness (QED) is 0.542. The number of hydrogen-bond donors (Lipinski definition) is 3. The second kappa shape index (κ2) is 3.30. The summed E-state index contributed by atoms with van der Waals surface area (Å²) in [6, 6.07) is 0. The van der Waals surface area contributed by atoms with Crippen molar-refractivity contribution in [3.05, 3.63) is 0 Å². The Balaban J connectivity index is 2.05. The Morgan fingerprint density at radius 3 is 2.62 bits per heavy atom. The van der Waals surface area contributed by atoms with E-state index in [9.17, 15) is 20.1 Å². The number of rotatable bonds is 0. The van der Waals surface area contributed by atoms with Crippen molar-refractivity contribution in [3.8, 4) is 0 Å². The number of hydrogen-bond acceptors (Lipinski definition) is 6. The van der Waals surface area contributed by atoms with Crippen LogP contribution in [0, 0.1) is 16.7 Å². The van der Waals surface area contributed by atoms with Crippen LogP contribution >= 0.6 is 0 Å². The van der Waals surface area contributed by atoms with Crippen LogP contribution in [0.5, 0.6) is 0 Å². The summed E-state index contributed by atoms with van der Waals surface area (Å²) in [5, 5.41) is 32.6. The minimum atomic E-state index is -1.76. The summed E-state index contributed by atoms with van der Waals surface area (Å²) >= 11 is 0. The van der Waals surface area contributed by atoms with Crippen LogP contribution in [0.3, 0.4) is 0 Å². The monoisotopic (exact) mass is 298 g/mol. The third-order valence-corrected chi connectivity index (χ3v) is 7.38. The summed E-state index contributed by atoms with van der Waals surface area (Å²) in [6.07, 6.45) is 0.102. The number of cyclic esters (lactones) is 1. The van der Waals surface area contributed by atoms with Gasteiger partial charge in [-0.15, -0.1) is 0 Å². The number of carbonyl (C=O) groups is 1. The Morgan fingerprint density at radius 1 is 1.29 bits per heavy atom. The van der Waals surface area contributed by atoms with Gasteiger partial charge in [0.2, 0.25) is 0 Å². The molecule has 6 heteroatoms. The molecular formula is C15H22O6. The zero-order chi connectivity index (χ0) is 15.5. The van der Waals surface area contributed by atoms with Gasteiger partial charge in [-0.25, -0.2) is 4.79 Å². The van der Waals surface area contributed by atoms with Crippen LogP contribution in [0.2, 0.25) is 0 Å². The normalized spacial score (nSPS) is 65.1. The summed E-state index contributed by atoms with van der Waals surface area (Å²) in [7, 11) is 0.